The molecule has 19 heavy (non-hydrogen) atoms. The highest BCUT2D eigenvalue weighted by molar-refractivity contribution is 6.30. The van der Waals surface area contributed by atoms with Crippen LogP contribution in [0.2, 0.25) is 5.02 Å². The molecule has 0 aromatic heterocycles. The van der Waals surface area contributed by atoms with Crippen molar-refractivity contribution in [2.24, 2.45) is 0 Å². The summed E-state index contributed by atoms with van der Waals surface area (Å²) in [5, 5.41) is 4.13. The van der Waals surface area contributed by atoms with Gasteiger partial charge in [-0.3, -0.25) is 4.90 Å². The molecular formula is C15H23ClN2O. The molecule has 0 amide bonds. The number of ether oxygens (including phenoxy) is 1. The molecule has 1 N–H and O–H groups in total. The summed E-state index contributed by atoms with van der Waals surface area (Å²) in [6, 6.07) is 8.30. The Morgan fingerprint density at radius 2 is 2.16 bits per heavy atom. The molecule has 1 aromatic rings. The number of benzene rings is 1. The Hall–Kier alpha value is -0.770. The maximum Gasteiger partial charge on any atom is 0.120 e. The Balaban J connectivity index is 1.76. The van der Waals surface area contributed by atoms with E-state index < -0.39 is 0 Å². The predicted molar refractivity (Wildman–Crippen MR) is 80.1 cm³/mol. The van der Waals surface area contributed by atoms with E-state index in [1.165, 1.54) is 12.8 Å². The fourth-order valence-electron chi connectivity index (χ4n) is 2.61. The number of likely N-dealkylation sites (N-methyl/N-ethyl adjacent to an activating group) is 1. The van der Waals surface area contributed by atoms with Crippen molar-refractivity contribution in [1.82, 2.24) is 10.2 Å². The Bertz CT molecular complexity index is 380. The smallest absolute Gasteiger partial charge is 0.120 e. The van der Waals surface area contributed by atoms with Gasteiger partial charge in [0.05, 0.1) is 0 Å². The van der Waals surface area contributed by atoms with Crippen molar-refractivity contribution in [3.63, 3.8) is 0 Å². The van der Waals surface area contributed by atoms with Crippen LogP contribution in [0.25, 0.3) is 0 Å². The van der Waals surface area contributed by atoms with Crippen LogP contribution in [0.5, 0.6) is 5.75 Å². The molecule has 0 atom stereocenters. The standard InChI is InChI=1S/C15H23ClN2O/c1-2-18(14-6-8-17-9-7-14)10-11-19-15-5-3-4-13(16)12-15/h3-5,12,14,17H,2,6-11H2,1H3. The van der Waals surface area contributed by atoms with Gasteiger partial charge in [0.15, 0.2) is 0 Å². The largest absolute Gasteiger partial charge is 0.492 e. The first kappa shape index (κ1) is 14.6. The minimum Gasteiger partial charge on any atom is -0.492 e. The maximum absolute atomic E-state index is 5.94. The molecular weight excluding hydrogens is 260 g/mol. The highest BCUT2D eigenvalue weighted by atomic mass is 35.5. The van der Waals surface area contributed by atoms with E-state index in [1.807, 2.05) is 24.3 Å². The van der Waals surface area contributed by atoms with Crippen LogP contribution < -0.4 is 10.1 Å². The van der Waals surface area contributed by atoms with Gasteiger partial charge in [0.2, 0.25) is 0 Å². The summed E-state index contributed by atoms with van der Waals surface area (Å²) >= 11 is 5.94. The summed E-state index contributed by atoms with van der Waals surface area (Å²) in [6.45, 7) is 7.28. The van der Waals surface area contributed by atoms with Gasteiger partial charge in [-0.1, -0.05) is 24.6 Å². The van der Waals surface area contributed by atoms with E-state index in [9.17, 15) is 0 Å². The Morgan fingerprint density at radius 1 is 1.37 bits per heavy atom. The van der Waals surface area contributed by atoms with Crippen LogP contribution in [0.15, 0.2) is 24.3 Å². The highest BCUT2D eigenvalue weighted by Gasteiger charge is 2.19. The van der Waals surface area contributed by atoms with Crippen molar-refractivity contribution in [2.75, 3.05) is 32.8 Å². The number of nitrogens with one attached hydrogen (secondary N) is 1. The third-order valence-corrected chi connectivity index (χ3v) is 3.91. The van der Waals surface area contributed by atoms with Crippen LogP contribution >= 0.6 is 11.6 Å². The lowest BCUT2D eigenvalue weighted by Gasteiger charge is -2.33. The SMILES string of the molecule is CCN(CCOc1cccc(Cl)c1)C1CCNCC1. The fourth-order valence-corrected chi connectivity index (χ4v) is 2.79. The van der Waals surface area contributed by atoms with E-state index in [-0.39, 0.29) is 0 Å². The lowest BCUT2D eigenvalue weighted by Crippen LogP contribution is -2.44. The van der Waals surface area contributed by atoms with E-state index in [2.05, 4.69) is 17.1 Å². The summed E-state index contributed by atoms with van der Waals surface area (Å²) in [5.74, 6) is 0.855. The van der Waals surface area contributed by atoms with Gasteiger partial charge >= 0.3 is 0 Å². The Kier molecular flexibility index (Phi) is 5.95. The second-order valence-corrected chi connectivity index (χ2v) is 5.35. The quantitative estimate of drug-likeness (QED) is 0.868. The molecule has 0 radical (unpaired) electrons. The summed E-state index contributed by atoms with van der Waals surface area (Å²) < 4.78 is 5.77. The van der Waals surface area contributed by atoms with E-state index in [0.29, 0.717) is 6.04 Å². The van der Waals surface area contributed by atoms with Crippen LogP contribution in [0.3, 0.4) is 0 Å². The van der Waals surface area contributed by atoms with Crippen molar-refractivity contribution in [2.45, 2.75) is 25.8 Å². The van der Waals surface area contributed by atoms with Crippen molar-refractivity contribution < 1.29 is 4.74 Å². The average molecular weight is 283 g/mol. The van der Waals surface area contributed by atoms with Crippen LogP contribution in [-0.4, -0.2) is 43.7 Å². The minimum absolute atomic E-state index is 0.703. The van der Waals surface area contributed by atoms with Gasteiger partial charge in [0.1, 0.15) is 12.4 Å². The van der Waals surface area contributed by atoms with Crippen LogP contribution in [-0.2, 0) is 0 Å². The molecule has 1 fully saturated rings. The zero-order valence-electron chi connectivity index (χ0n) is 11.6. The number of nitrogens with zero attached hydrogens (tertiary/aromatic N) is 1. The van der Waals surface area contributed by atoms with Crippen LogP contribution in [0, 0.1) is 0 Å². The molecule has 0 unspecified atom stereocenters. The molecule has 1 aromatic carbocycles. The third-order valence-electron chi connectivity index (χ3n) is 3.67. The Labute approximate surface area is 120 Å². The molecule has 2 rings (SSSR count). The maximum atomic E-state index is 5.94. The first-order chi connectivity index (χ1) is 9.29. The number of rotatable bonds is 6. The number of hydrogen-bond acceptors (Lipinski definition) is 3. The molecule has 4 heteroatoms. The average Bonchev–Trinajstić information content (AvgIpc) is 2.45. The first-order valence-electron chi connectivity index (χ1n) is 7.12. The number of piperidine rings is 1. The van der Waals surface area contributed by atoms with Crippen molar-refractivity contribution in [3.8, 4) is 5.75 Å². The van der Waals surface area contributed by atoms with Gasteiger partial charge in [-0.25, -0.2) is 0 Å². The van der Waals surface area contributed by atoms with Crippen molar-refractivity contribution >= 4 is 11.6 Å². The summed E-state index contributed by atoms with van der Waals surface area (Å²) in [4.78, 5) is 2.52. The van der Waals surface area contributed by atoms with Crippen LogP contribution in [0.4, 0.5) is 0 Å². The van der Waals surface area contributed by atoms with Gasteiger partial charge in [-0.15, -0.1) is 0 Å². The third kappa shape index (κ3) is 4.68. The van der Waals surface area contributed by atoms with Crippen molar-refractivity contribution in [1.29, 1.82) is 0 Å². The molecule has 1 heterocycles. The fraction of sp³-hybridized carbons (Fsp3) is 0.600. The van der Waals surface area contributed by atoms with Gasteiger partial charge in [-0.2, -0.15) is 0 Å². The summed E-state index contributed by atoms with van der Waals surface area (Å²) in [5.41, 5.74) is 0. The van der Waals surface area contributed by atoms with E-state index >= 15 is 0 Å². The number of hydrogen-bond donors (Lipinski definition) is 1. The lowest BCUT2D eigenvalue weighted by atomic mass is 10.1. The lowest BCUT2D eigenvalue weighted by molar-refractivity contribution is 0.141. The zero-order chi connectivity index (χ0) is 13.5. The molecule has 3 nitrogen and oxygen atoms in total. The zero-order valence-corrected chi connectivity index (χ0v) is 12.3. The van der Waals surface area contributed by atoms with E-state index in [4.69, 9.17) is 16.3 Å². The first-order valence-corrected chi connectivity index (χ1v) is 7.50. The predicted octanol–water partition coefficient (Wildman–Crippen LogP) is 2.79. The van der Waals surface area contributed by atoms with E-state index in [0.717, 1.165) is 43.6 Å². The van der Waals surface area contributed by atoms with Crippen molar-refractivity contribution in [3.05, 3.63) is 29.3 Å². The van der Waals surface area contributed by atoms with E-state index in [1.54, 1.807) is 0 Å². The molecule has 0 spiro atoms. The van der Waals surface area contributed by atoms with Crippen LogP contribution in [0.1, 0.15) is 19.8 Å². The number of halogens is 1. The van der Waals surface area contributed by atoms with Gasteiger partial charge < -0.3 is 10.1 Å². The Morgan fingerprint density at radius 3 is 2.84 bits per heavy atom. The molecule has 1 aliphatic heterocycles. The second-order valence-electron chi connectivity index (χ2n) is 4.92. The molecule has 106 valence electrons. The van der Waals surface area contributed by atoms with Gasteiger partial charge in [-0.05, 0) is 50.7 Å². The van der Waals surface area contributed by atoms with Gasteiger partial charge in [0, 0.05) is 17.6 Å². The summed E-state index contributed by atoms with van der Waals surface area (Å²) in [7, 11) is 0. The highest BCUT2D eigenvalue weighted by Crippen LogP contribution is 2.17. The normalized spacial score (nSPS) is 16.8. The van der Waals surface area contributed by atoms with Gasteiger partial charge in [0.25, 0.3) is 0 Å². The minimum atomic E-state index is 0.703. The molecule has 0 aliphatic carbocycles. The molecule has 0 bridgehead atoms. The molecule has 1 aliphatic rings. The molecule has 0 saturated carbocycles. The topological polar surface area (TPSA) is 24.5 Å². The summed E-state index contributed by atoms with van der Waals surface area (Å²) in [6.07, 6.45) is 2.48. The molecule has 1 saturated heterocycles. The monoisotopic (exact) mass is 282 g/mol. The second kappa shape index (κ2) is 7.73.